The average molecular weight is 240 g/mol. The van der Waals surface area contributed by atoms with Crippen molar-refractivity contribution in [2.75, 3.05) is 6.54 Å². The van der Waals surface area contributed by atoms with Crippen molar-refractivity contribution in [2.45, 2.75) is 19.9 Å². The molecule has 6 heteroatoms. The molecule has 88 valence electrons. The lowest BCUT2D eigenvalue weighted by molar-refractivity contribution is -0.123. The summed E-state index contributed by atoms with van der Waals surface area (Å²) in [4.78, 5) is 11.9. The van der Waals surface area contributed by atoms with Crippen LogP contribution in [0.3, 0.4) is 0 Å². The summed E-state index contributed by atoms with van der Waals surface area (Å²) in [6, 6.07) is 1.84. The Balaban J connectivity index is 2.32. The number of aromatic nitrogens is 2. The lowest BCUT2D eigenvalue weighted by Gasteiger charge is -2.13. The second-order valence-electron chi connectivity index (χ2n) is 3.42. The van der Waals surface area contributed by atoms with Crippen molar-refractivity contribution in [2.24, 2.45) is 11.7 Å². The van der Waals surface area contributed by atoms with Gasteiger partial charge in [-0.25, -0.2) is 0 Å². The van der Waals surface area contributed by atoms with Crippen LogP contribution in [0.1, 0.15) is 13.3 Å². The molecule has 1 amide bonds. The minimum atomic E-state index is -0.368. The van der Waals surface area contributed by atoms with E-state index in [4.69, 9.17) is 18.0 Å². The van der Waals surface area contributed by atoms with Crippen molar-refractivity contribution in [3.63, 3.8) is 0 Å². The molecule has 0 radical (unpaired) electrons. The van der Waals surface area contributed by atoms with Crippen molar-refractivity contribution in [3.05, 3.63) is 18.5 Å². The maximum atomic E-state index is 11.6. The van der Waals surface area contributed by atoms with E-state index >= 15 is 0 Å². The Bertz CT molecular complexity index is 350. The standard InChI is InChI=1S/C10H16N4OS/c1-2-8(9(11)16)10(15)12-5-7-14-6-3-4-13-14/h3-4,6,8H,2,5,7H2,1H3,(H2,11,16)(H,12,15). The van der Waals surface area contributed by atoms with Crippen LogP contribution in [-0.4, -0.2) is 27.2 Å². The Hall–Kier alpha value is -1.43. The summed E-state index contributed by atoms with van der Waals surface area (Å²) in [5, 5.41) is 6.81. The molecule has 16 heavy (non-hydrogen) atoms. The maximum Gasteiger partial charge on any atom is 0.229 e. The van der Waals surface area contributed by atoms with E-state index in [-0.39, 0.29) is 16.8 Å². The molecule has 0 aliphatic heterocycles. The zero-order valence-electron chi connectivity index (χ0n) is 9.22. The number of hydrogen-bond acceptors (Lipinski definition) is 3. The van der Waals surface area contributed by atoms with Gasteiger partial charge in [0.15, 0.2) is 0 Å². The molecule has 0 bridgehead atoms. The quantitative estimate of drug-likeness (QED) is 0.702. The van der Waals surface area contributed by atoms with Crippen LogP contribution in [0.5, 0.6) is 0 Å². The number of nitrogens with two attached hydrogens (primary N) is 1. The van der Waals surface area contributed by atoms with E-state index in [1.54, 1.807) is 10.9 Å². The van der Waals surface area contributed by atoms with Gasteiger partial charge in [-0.3, -0.25) is 9.48 Å². The molecule has 0 aromatic carbocycles. The minimum absolute atomic E-state index is 0.109. The fourth-order valence-corrected chi connectivity index (χ4v) is 1.64. The monoisotopic (exact) mass is 240 g/mol. The number of thiocarbonyl (C=S) groups is 1. The molecule has 1 unspecified atom stereocenters. The number of nitrogens with one attached hydrogen (secondary N) is 1. The van der Waals surface area contributed by atoms with Crippen LogP contribution in [0.4, 0.5) is 0 Å². The largest absolute Gasteiger partial charge is 0.393 e. The third-order valence-electron chi connectivity index (χ3n) is 2.27. The van der Waals surface area contributed by atoms with Crippen LogP contribution < -0.4 is 11.1 Å². The average Bonchev–Trinajstić information content (AvgIpc) is 2.71. The molecule has 0 saturated heterocycles. The van der Waals surface area contributed by atoms with Crippen molar-refractivity contribution in [1.82, 2.24) is 15.1 Å². The Kier molecular flexibility index (Phi) is 4.91. The fraction of sp³-hybridized carbons (Fsp3) is 0.500. The number of amides is 1. The highest BCUT2D eigenvalue weighted by Gasteiger charge is 2.18. The number of nitrogens with zero attached hydrogens (tertiary/aromatic N) is 2. The number of rotatable bonds is 6. The van der Waals surface area contributed by atoms with E-state index in [0.717, 1.165) is 0 Å². The second kappa shape index (κ2) is 6.22. The SMILES string of the molecule is CCC(C(=O)NCCn1cccn1)C(N)=S. The summed E-state index contributed by atoms with van der Waals surface area (Å²) in [6.07, 6.45) is 4.17. The highest BCUT2D eigenvalue weighted by atomic mass is 32.1. The lowest BCUT2D eigenvalue weighted by atomic mass is 10.1. The Morgan fingerprint density at radius 2 is 2.44 bits per heavy atom. The van der Waals surface area contributed by atoms with E-state index in [1.807, 2.05) is 19.2 Å². The van der Waals surface area contributed by atoms with Gasteiger partial charge < -0.3 is 11.1 Å². The maximum absolute atomic E-state index is 11.6. The topological polar surface area (TPSA) is 72.9 Å². The van der Waals surface area contributed by atoms with Gasteiger partial charge in [0.2, 0.25) is 5.91 Å². The first-order valence-electron chi connectivity index (χ1n) is 5.19. The van der Waals surface area contributed by atoms with Crippen LogP contribution in [0.15, 0.2) is 18.5 Å². The molecule has 0 saturated carbocycles. The van der Waals surface area contributed by atoms with Crippen LogP contribution in [0, 0.1) is 5.92 Å². The fourth-order valence-electron chi connectivity index (χ4n) is 1.37. The molecular weight excluding hydrogens is 224 g/mol. The number of carbonyl (C=O) groups excluding carboxylic acids is 1. The van der Waals surface area contributed by atoms with Crippen molar-refractivity contribution in [1.29, 1.82) is 0 Å². The van der Waals surface area contributed by atoms with E-state index in [9.17, 15) is 4.79 Å². The molecule has 1 aromatic rings. The smallest absolute Gasteiger partial charge is 0.229 e. The molecule has 1 atom stereocenters. The van der Waals surface area contributed by atoms with E-state index in [0.29, 0.717) is 19.5 Å². The van der Waals surface area contributed by atoms with Gasteiger partial charge in [-0.15, -0.1) is 0 Å². The Labute approximate surface area is 100 Å². The predicted molar refractivity (Wildman–Crippen MR) is 65.8 cm³/mol. The van der Waals surface area contributed by atoms with E-state index < -0.39 is 0 Å². The molecule has 1 heterocycles. The molecule has 3 N–H and O–H groups in total. The lowest BCUT2D eigenvalue weighted by Crippen LogP contribution is -2.38. The molecule has 0 fully saturated rings. The van der Waals surface area contributed by atoms with Crippen molar-refractivity contribution < 1.29 is 4.79 Å². The summed E-state index contributed by atoms with van der Waals surface area (Å²) in [5.74, 6) is -0.477. The van der Waals surface area contributed by atoms with E-state index in [2.05, 4.69) is 10.4 Å². The van der Waals surface area contributed by atoms with Gasteiger partial charge in [0, 0.05) is 18.9 Å². The van der Waals surface area contributed by atoms with Crippen LogP contribution in [0.25, 0.3) is 0 Å². The molecule has 1 aromatic heterocycles. The van der Waals surface area contributed by atoms with Gasteiger partial charge >= 0.3 is 0 Å². The first-order valence-corrected chi connectivity index (χ1v) is 5.60. The van der Waals surface area contributed by atoms with Crippen molar-refractivity contribution >= 4 is 23.1 Å². The summed E-state index contributed by atoms with van der Waals surface area (Å²) in [6.45, 7) is 3.06. The first kappa shape index (κ1) is 12.6. The van der Waals surface area contributed by atoms with Crippen molar-refractivity contribution in [3.8, 4) is 0 Å². The summed E-state index contributed by atoms with van der Waals surface area (Å²) in [5.41, 5.74) is 5.47. The van der Waals surface area contributed by atoms with Gasteiger partial charge in [0.25, 0.3) is 0 Å². The third-order valence-corrected chi connectivity index (χ3v) is 2.55. The highest BCUT2D eigenvalue weighted by molar-refractivity contribution is 7.80. The van der Waals surface area contributed by atoms with Gasteiger partial charge in [-0.1, -0.05) is 19.1 Å². The van der Waals surface area contributed by atoms with Crippen LogP contribution in [0.2, 0.25) is 0 Å². The second-order valence-corrected chi connectivity index (χ2v) is 3.89. The molecule has 0 aliphatic rings. The zero-order valence-corrected chi connectivity index (χ0v) is 10.0. The molecule has 0 spiro atoms. The van der Waals surface area contributed by atoms with Gasteiger partial charge in [0.1, 0.15) is 0 Å². The molecular formula is C10H16N4OS. The minimum Gasteiger partial charge on any atom is -0.393 e. The summed E-state index contributed by atoms with van der Waals surface area (Å²) >= 11 is 4.82. The molecule has 0 aliphatic carbocycles. The Morgan fingerprint density at radius 1 is 1.69 bits per heavy atom. The molecule has 1 rings (SSSR count). The number of hydrogen-bond donors (Lipinski definition) is 2. The number of carbonyl (C=O) groups is 1. The van der Waals surface area contributed by atoms with Gasteiger partial charge in [0.05, 0.1) is 17.5 Å². The zero-order chi connectivity index (χ0) is 12.0. The molecule has 5 nitrogen and oxygen atoms in total. The normalized spacial score (nSPS) is 12.1. The Morgan fingerprint density at radius 3 is 2.94 bits per heavy atom. The summed E-state index contributed by atoms with van der Waals surface area (Å²) < 4.78 is 1.75. The van der Waals surface area contributed by atoms with Crippen LogP contribution in [-0.2, 0) is 11.3 Å². The summed E-state index contributed by atoms with van der Waals surface area (Å²) in [7, 11) is 0. The van der Waals surface area contributed by atoms with Gasteiger partial charge in [-0.05, 0) is 12.5 Å². The van der Waals surface area contributed by atoms with Crippen LogP contribution >= 0.6 is 12.2 Å². The van der Waals surface area contributed by atoms with E-state index in [1.165, 1.54) is 0 Å². The highest BCUT2D eigenvalue weighted by Crippen LogP contribution is 2.02. The third kappa shape index (κ3) is 3.62. The first-order chi connectivity index (χ1) is 7.65. The predicted octanol–water partition coefficient (Wildman–Crippen LogP) is 0.312. The van der Waals surface area contributed by atoms with Gasteiger partial charge in [-0.2, -0.15) is 5.10 Å².